The zero-order chi connectivity index (χ0) is 13.0. The standard InChI is InChI=1S/C11H19N3O3/c1-4-8-9(15)12-11(17)14(10(8)16)7-6-13(3)5-2/h16H,4-7H2,1-3H3,(H,12,15,17). The van der Waals surface area contributed by atoms with Gasteiger partial charge in [-0.2, -0.15) is 0 Å². The Bertz CT molecular complexity index is 490. The molecule has 0 bridgehead atoms. The van der Waals surface area contributed by atoms with E-state index in [9.17, 15) is 14.7 Å². The molecule has 0 aromatic carbocycles. The predicted octanol–water partition coefficient (Wildman–Crippen LogP) is -0.244. The molecule has 17 heavy (non-hydrogen) atoms. The van der Waals surface area contributed by atoms with Crippen LogP contribution in [0.25, 0.3) is 0 Å². The third-order valence-corrected chi connectivity index (χ3v) is 2.86. The highest BCUT2D eigenvalue weighted by Gasteiger charge is 2.12. The second-order valence-corrected chi connectivity index (χ2v) is 3.96. The number of H-pyrrole nitrogens is 1. The smallest absolute Gasteiger partial charge is 0.331 e. The Morgan fingerprint density at radius 3 is 2.53 bits per heavy atom. The SMILES string of the molecule is CCc1c(O)n(CCN(C)CC)c(=O)[nH]c1=O. The molecule has 1 heterocycles. The molecule has 6 heteroatoms. The molecule has 1 aromatic rings. The van der Waals surface area contributed by atoms with Crippen molar-refractivity contribution in [1.82, 2.24) is 14.5 Å². The first-order chi connectivity index (χ1) is 8.01. The van der Waals surface area contributed by atoms with Crippen LogP contribution >= 0.6 is 0 Å². The Balaban J connectivity index is 3.07. The quantitative estimate of drug-likeness (QED) is 0.745. The van der Waals surface area contributed by atoms with E-state index in [1.54, 1.807) is 6.92 Å². The summed E-state index contributed by atoms with van der Waals surface area (Å²) in [5.41, 5.74) is -0.812. The summed E-state index contributed by atoms with van der Waals surface area (Å²) in [7, 11) is 1.93. The zero-order valence-corrected chi connectivity index (χ0v) is 10.5. The van der Waals surface area contributed by atoms with Crippen LogP contribution in [0.4, 0.5) is 0 Å². The first-order valence-corrected chi connectivity index (χ1v) is 5.74. The van der Waals surface area contributed by atoms with Gasteiger partial charge in [0.15, 0.2) is 0 Å². The summed E-state index contributed by atoms with van der Waals surface area (Å²) in [5, 5.41) is 9.86. The van der Waals surface area contributed by atoms with E-state index >= 15 is 0 Å². The van der Waals surface area contributed by atoms with Crippen molar-refractivity contribution < 1.29 is 5.11 Å². The number of aromatic hydroxyl groups is 1. The molecule has 1 rings (SSSR count). The summed E-state index contributed by atoms with van der Waals surface area (Å²) in [5.74, 6) is -0.217. The number of aromatic nitrogens is 2. The Morgan fingerprint density at radius 2 is 2.00 bits per heavy atom. The molecular formula is C11H19N3O3. The molecule has 1 aromatic heterocycles. The van der Waals surface area contributed by atoms with E-state index in [0.29, 0.717) is 19.5 Å². The highest BCUT2D eigenvalue weighted by Crippen LogP contribution is 2.09. The van der Waals surface area contributed by atoms with Gasteiger partial charge < -0.3 is 10.0 Å². The van der Waals surface area contributed by atoms with Crippen molar-refractivity contribution in [1.29, 1.82) is 0 Å². The number of aromatic amines is 1. The summed E-state index contributed by atoms with van der Waals surface area (Å²) in [6.07, 6.45) is 0.394. The molecule has 0 amide bonds. The maximum atomic E-state index is 11.6. The van der Waals surface area contributed by atoms with Gasteiger partial charge in [0.25, 0.3) is 5.56 Å². The van der Waals surface area contributed by atoms with Gasteiger partial charge in [0.05, 0.1) is 5.56 Å². The lowest BCUT2D eigenvalue weighted by Gasteiger charge is -2.16. The van der Waals surface area contributed by atoms with Gasteiger partial charge in [-0.05, 0) is 20.0 Å². The molecule has 6 nitrogen and oxygen atoms in total. The molecule has 0 unspecified atom stereocenters. The fourth-order valence-corrected chi connectivity index (χ4v) is 1.56. The number of nitrogens with zero attached hydrogens (tertiary/aromatic N) is 2. The van der Waals surface area contributed by atoms with E-state index in [4.69, 9.17) is 0 Å². The molecule has 0 fully saturated rings. The van der Waals surface area contributed by atoms with Gasteiger partial charge in [-0.1, -0.05) is 13.8 Å². The van der Waals surface area contributed by atoms with E-state index in [1.165, 1.54) is 4.57 Å². The summed E-state index contributed by atoms with van der Waals surface area (Å²) in [6, 6.07) is 0. The number of nitrogens with one attached hydrogen (secondary N) is 1. The molecule has 2 N–H and O–H groups in total. The van der Waals surface area contributed by atoms with Gasteiger partial charge in [0.1, 0.15) is 0 Å². The van der Waals surface area contributed by atoms with Gasteiger partial charge in [-0.3, -0.25) is 14.3 Å². The van der Waals surface area contributed by atoms with Crippen molar-refractivity contribution in [2.75, 3.05) is 20.1 Å². The van der Waals surface area contributed by atoms with Crippen LogP contribution in [-0.2, 0) is 13.0 Å². The Morgan fingerprint density at radius 1 is 1.35 bits per heavy atom. The van der Waals surface area contributed by atoms with Gasteiger partial charge in [0.2, 0.25) is 5.88 Å². The summed E-state index contributed by atoms with van der Waals surface area (Å²) in [4.78, 5) is 27.2. The maximum Gasteiger partial charge on any atom is 0.331 e. The monoisotopic (exact) mass is 241 g/mol. The van der Waals surface area contributed by atoms with Crippen LogP contribution in [0.5, 0.6) is 5.88 Å². The van der Waals surface area contributed by atoms with E-state index in [-0.39, 0.29) is 11.4 Å². The lowest BCUT2D eigenvalue weighted by molar-refractivity contribution is 0.313. The number of hydrogen-bond donors (Lipinski definition) is 2. The fraction of sp³-hybridized carbons (Fsp3) is 0.636. The highest BCUT2D eigenvalue weighted by molar-refractivity contribution is 5.22. The summed E-state index contributed by atoms with van der Waals surface area (Å²) >= 11 is 0. The van der Waals surface area contributed by atoms with Gasteiger partial charge in [-0.25, -0.2) is 4.79 Å². The van der Waals surface area contributed by atoms with Crippen LogP contribution < -0.4 is 11.2 Å². The van der Waals surface area contributed by atoms with E-state index in [2.05, 4.69) is 4.98 Å². The van der Waals surface area contributed by atoms with Crippen molar-refractivity contribution in [3.05, 3.63) is 26.4 Å². The molecular weight excluding hydrogens is 222 g/mol. The average Bonchev–Trinajstić information content (AvgIpc) is 2.28. The fourth-order valence-electron chi connectivity index (χ4n) is 1.56. The van der Waals surface area contributed by atoms with Crippen LogP contribution in [0.15, 0.2) is 9.59 Å². The topological polar surface area (TPSA) is 78.3 Å². The molecule has 0 radical (unpaired) electrons. The van der Waals surface area contributed by atoms with Crippen molar-refractivity contribution in [2.24, 2.45) is 0 Å². The molecule has 0 atom stereocenters. The van der Waals surface area contributed by atoms with E-state index in [1.807, 2.05) is 18.9 Å². The lowest BCUT2D eigenvalue weighted by Crippen LogP contribution is -2.35. The molecule has 0 spiro atoms. The zero-order valence-electron chi connectivity index (χ0n) is 10.5. The third-order valence-electron chi connectivity index (χ3n) is 2.86. The largest absolute Gasteiger partial charge is 0.494 e. The Kier molecular flexibility index (Phi) is 4.51. The van der Waals surface area contributed by atoms with E-state index in [0.717, 1.165) is 6.54 Å². The normalized spacial score (nSPS) is 11.1. The summed E-state index contributed by atoms with van der Waals surface area (Å²) < 4.78 is 1.20. The molecule has 0 saturated heterocycles. The van der Waals surface area contributed by atoms with Crippen LogP contribution in [0, 0.1) is 0 Å². The molecule has 0 aliphatic heterocycles. The van der Waals surface area contributed by atoms with Crippen LogP contribution in [0.1, 0.15) is 19.4 Å². The highest BCUT2D eigenvalue weighted by atomic mass is 16.3. The van der Waals surface area contributed by atoms with Gasteiger partial charge in [0, 0.05) is 13.1 Å². The van der Waals surface area contributed by atoms with Crippen molar-refractivity contribution in [2.45, 2.75) is 26.8 Å². The van der Waals surface area contributed by atoms with Gasteiger partial charge >= 0.3 is 5.69 Å². The van der Waals surface area contributed by atoms with E-state index < -0.39 is 11.2 Å². The van der Waals surface area contributed by atoms with Crippen molar-refractivity contribution in [3.8, 4) is 5.88 Å². The number of hydrogen-bond acceptors (Lipinski definition) is 4. The average molecular weight is 241 g/mol. The number of likely N-dealkylation sites (N-methyl/N-ethyl adjacent to an activating group) is 1. The third kappa shape index (κ3) is 2.97. The number of rotatable bonds is 5. The van der Waals surface area contributed by atoms with Gasteiger partial charge in [-0.15, -0.1) is 0 Å². The summed E-state index contributed by atoms with van der Waals surface area (Å²) in [6.45, 7) is 5.63. The first kappa shape index (κ1) is 13.5. The Hall–Kier alpha value is -1.56. The lowest BCUT2D eigenvalue weighted by atomic mass is 10.2. The van der Waals surface area contributed by atoms with Crippen LogP contribution in [0.3, 0.4) is 0 Å². The van der Waals surface area contributed by atoms with Crippen LogP contribution in [0.2, 0.25) is 0 Å². The first-order valence-electron chi connectivity index (χ1n) is 5.74. The molecule has 0 saturated carbocycles. The van der Waals surface area contributed by atoms with Crippen LogP contribution in [-0.4, -0.2) is 39.7 Å². The van der Waals surface area contributed by atoms with Crippen molar-refractivity contribution >= 4 is 0 Å². The second-order valence-electron chi connectivity index (χ2n) is 3.96. The minimum absolute atomic E-state index is 0.217. The van der Waals surface area contributed by atoms with Crippen molar-refractivity contribution in [3.63, 3.8) is 0 Å². The predicted molar refractivity (Wildman–Crippen MR) is 65.5 cm³/mol. The minimum Gasteiger partial charge on any atom is -0.494 e. The molecule has 0 aliphatic carbocycles. The minimum atomic E-state index is -0.561. The molecule has 0 aliphatic rings. The molecule has 96 valence electrons. The maximum absolute atomic E-state index is 11.6. The second kappa shape index (κ2) is 5.67. The Labute approximate surface area is 99.5 Å².